The fourth-order valence-electron chi connectivity index (χ4n) is 3.96. The van der Waals surface area contributed by atoms with E-state index in [9.17, 15) is 8.42 Å². The number of hydrogen-bond donors (Lipinski definition) is 0. The standard InChI is InChI=1S/C18H28N2O2S/c1-16-6-5-9-18(14-16)19-10-12-20(13-11-19)23(21,22)15-17-7-3-2-4-8-17/h2-4,7-8,16,18H,5-6,9-15H2,1H3/t16-,18+/m0/s1. The molecule has 0 unspecified atom stereocenters. The third-order valence-electron chi connectivity index (χ3n) is 5.28. The van der Waals surface area contributed by atoms with Crippen LogP contribution in [-0.2, 0) is 15.8 Å². The molecule has 1 aliphatic heterocycles. The molecule has 1 aromatic rings. The third-order valence-corrected chi connectivity index (χ3v) is 7.13. The molecule has 0 aromatic heterocycles. The molecule has 0 N–H and O–H groups in total. The fraction of sp³-hybridized carbons (Fsp3) is 0.667. The molecule has 1 saturated carbocycles. The van der Waals surface area contributed by atoms with Gasteiger partial charge in [0, 0.05) is 32.2 Å². The second-order valence-electron chi connectivity index (χ2n) is 7.10. The number of nitrogens with zero attached hydrogens (tertiary/aromatic N) is 2. The van der Waals surface area contributed by atoms with Gasteiger partial charge in [0.25, 0.3) is 0 Å². The molecule has 2 fully saturated rings. The van der Waals surface area contributed by atoms with E-state index >= 15 is 0 Å². The Hall–Kier alpha value is -0.910. The summed E-state index contributed by atoms with van der Waals surface area (Å²) in [5.41, 5.74) is 0.871. The predicted octanol–water partition coefficient (Wildman–Crippen LogP) is 2.71. The molecule has 1 aromatic carbocycles. The maximum absolute atomic E-state index is 12.6. The molecule has 0 radical (unpaired) electrons. The van der Waals surface area contributed by atoms with Gasteiger partial charge in [-0.15, -0.1) is 0 Å². The maximum Gasteiger partial charge on any atom is 0.218 e. The van der Waals surface area contributed by atoms with E-state index in [1.54, 1.807) is 4.31 Å². The monoisotopic (exact) mass is 336 g/mol. The Morgan fingerprint density at radius 2 is 1.74 bits per heavy atom. The normalized spacial score (nSPS) is 27.9. The van der Waals surface area contributed by atoms with Crippen molar-refractivity contribution >= 4 is 10.0 Å². The van der Waals surface area contributed by atoms with E-state index in [0.717, 1.165) is 24.6 Å². The minimum atomic E-state index is -3.19. The Morgan fingerprint density at radius 3 is 2.39 bits per heavy atom. The Morgan fingerprint density at radius 1 is 1.04 bits per heavy atom. The van der Waals surface area contributed by atoms with Crippen LogP contribution in [0.15, 0.2) is 30.3 Å². The van der Waals surface area contributed by atoms with Crippen LogP contribution < -0.4 is 0 Å². The van der Waals surface area contributed by atoms with Crippen molar-refractivity contribution in [2.45, 2.75) is 44.4 Å². The van der Waals surface area contributed by atoms with Crippen molar-refractivity contribution in [1.29, 1.82) is 0 Å². The van der Waals surface area contributed by atoms with E-state index in [-0.39, 0.29) is 5.75 Å². The number of benzene rings is 1. The van der Waals surface area contributed by atoms with E-state index in [4.69, 9.17) is 0 Å². The summed E-state index contributed by atoms with van der Waals surface area (Å²) >= 11 is 0. The largest absolute Gasteiger partial charge is 0.298 e. The number of piperazine rings is 1. The second kappa shape index (κ2) is 7.32. The SMILES string of the molecule is C[C@H]1CCC[C@@H](N2CCN(S(=O)(=O)Cc3ccccc3)CC2)C1. The van der Waals surface area contributed by atoms with Crippen LogP contribution in [-0.4, -0.2) is 49.8 Å². The summed E-state index contributed by atoms with van der Waals surface area (Å²) in [5.74, 6) is 0.933. The lowest BCUT2D eigenvalue weighted by molar-refractivity contribution is 0.0966. The van der Waals surface area contributed by atoms with Crippen molar-refractivity contribution in [1.82, 2.24) is 9.21 Å². The average Bonchev–Trinajstić information content (AvgIpc) is 2.55. The Balaban J connectivity index is 1.55. The molecule has 2 aliphatic rings. The summed E-state index contributed by atoms with van der Waals surface area (Å²) < 4.78 is 26.9. The lowest BCUT2D eigenvalue weighted by Crippen LogP contribution is -2.52. The highest BCUT2D eigenvalue weighted by atomic mass is 32.2. The quantitative estimate of drug-likeness (QED) is 0.849. The van der Waals surface area contributed by atoms with Crippen molar-refractivity contribution in [3.63, 3.8) is 0 Å². The molecule has 1 heterocycles. The van der Waals surface area contributed by atoms with Gasteiger partial charge in [-0.2, -0.15) is 4.31 Å². The Bertz CT molecular complexity index is 595. The average molecular weight is 337 g/mol. The molecule has 4 nitrogen and oxygen atoms in total. The molecule has 2 atom stereocenters. The van der Waals surface area contributed by atoms with Crippen molar-refractivity contribution in [3.8, 4) is 0 Å². The third kappa shape index (κ3) is 4.34. The van der Waals surface area contributed by atoms with Gasteiger partial charge in [-0.25, -0.2) is 8.42 Å². The van der Waals surface area contributed by atoms with E-state index in [1.165, 1.54) is 25.7 Å². The zero-order chi connectivity index (χ0) is 16.3. The minimum absolute atomic E-state index is 0.119. The molecule has 23 heavy (non-hydrogen) atoms. The number of hydrogen-bond acceptors (Lipinski definition) is 3. The van der Waals surface area contributed by atoms with Crippen LogP contribution >= 0.6 is 0 Å². The van der Waals surface area contributed by atoms with E-state index in [2.05, 4.69) is 11.8 Å². The first-order valence-corrected chi connectivity index (χ1v) is 10.4. The maximum atomic E-state index is 12.6. The van der Waals surface area contributed by atoms with E-state index in [1.807, 2.05) is 30.3 Å². The Kier molecular flexibility index (Phi) is 5.39. The summed E-state index contributed by atoms with van der Waals surface area (Å²) in [5, 5.41) is 0. The van der Waals surface area contributed by atoms with E-state index < -0.39 is 10.0 Å². The zero-order valence-corrected chi connectivity index (χ0v) is 14.8. The van der Waals surface area contributed by atoms with Crippen LogP contribution in [0.3, 0.4) is 0 Å². The molecule has 1 aliphatic carbocycles. The van der Waals surface area contributed by atoms with Gasteiger partial charge in [0.05, 0.1) is 5.75 Å². The molecular weight excluding hydrogens is 308 g/mol. The molecule has 128 valence electrons. The van der Waals surface area contributed by atoms with Gasteiger partial charge in [0.15, 0.2) is 0 Å². The Labute approximate surface area is 140 Å². The van der Waals surface area contributed by atoms with Crippen LogP contribution in [0, 0.1) is 5.92 Å². The van der Waals surface area contributed by atoms with Gasteiger partial charge in [0.1, 0.15) is 0 Å². The minimum Gasteiger partial charge on any atom is -0.298 e. The topological polar surface area (TPSA) is 40.6 Å². The van der Waals surface area contributed by atoms with Crippen LogP contribution in [0.1, 0.15) is 38.2 Å². The fourth-order valence-corrected chi connectivity index (χ4v) is 5.47. The predicted molar refractivity (Wildman–Crippen MR) is 93.6 cm³/mol. The number of rotatable bonds is 4. The molecule has 1 saturated heterocycles. The molecule has 0 bridgehead atoms. The van der Waals surface area contributed by atoms with Crippen molar-refractivity contribution < 1.29 is 8.42 Å². The summed E-state index contributed by atoms with van der Waals surface area (Å²) in [6.45, 7) is 5.38. The van der Waals surface area contributed by atoms with Gasteiger partial charge >= 0.3 is 0 Å². The molecular formula is C18H28N2O2S. The highest BCUT2D eigenvalue weighted by molar-refractivity contribution is 7.88. The highest BCUT2D eigenvalue weighted by Crippen LogP contribution is 2.28. The smallest absolute Gasteiger partial charge is 0.218 e. The molecule has 3 rings (SSSR count). The van der Waals surface area contributed by atoms with E-state index in [0.29, 0.717) is 19.1 Å². The van der Waals surface area contributed by atoms with Crippen LogP contribution in [0.2, 0.25) is 0 Å². The van der Waals surface area contributed by atoms with Gasteiger partial charge in [0.2, 0.25) is 10.0 Å². The zero-order valence-electron chi connectivity index (χ0n) is 14.0. The van der Waals surface area contributed by atoms with Gasteiger partial charge in [-0.3, -0.25) is 4.90 Å². The lowest BCUT2D eigenvalue weighted by Gasteiger charge is -2.41. The van der Waals surface area contributed by atoms with Gasteiger partial charge < -0.3 is 0 Å². The number of sulfonamides is 1. The second-order valence-corrected chi connectivity index (χ2v) is 9.07. The first kappa shape index (κ1) is 16.9. The summed E-state index contributed by atoms with van der Waals surface area (Å²) in [7, 11) is -3.19. The molecule has 0 spiro atoms. The summed E-state index contributed by atoms with van der Waals surface area (Å²) in [4.78, 5) is 2.52. The van der Waals surface area contributed by atoms with Gasteiger partial charge in [-0.1, -0.05) is 50.1 Å². The molecule has 0 amide bonds. The van der Waals surface area contributed by atoms with Gasteiger partial charge in [-0.05, 0) is 24.3 Å². The van der Waals surface area contributed by atoms with Crippen LogP contribution in [0.4, 0.5) is 0 Å². The lowest BCUT2D eigenvalue weighted by atomic mass is 9.86. The molecule has 5 heteroatoms. The summed E-state index contributed by atoms with van der Waals surface area (Å²) in [6.07, 6.45) is 5.22. The first-order valence-electron chi connectivity index (χ1n) is 8.80. The van der Waals surface area contributed by atoms with Crippen molar-refractivity contribution in [2.75, 3.05) is 26.2 Å². The first-order chi connectivity index (χ1) is 11.0. The van der Waals surface area contributed by atoms with Crippen LogP contribution in [0.25, 0.3) is 0 Å². The highest BCUT2D eigenvalue weighted by Gasteiger charge is 2.31. The summed E-state index contributed by atoms with van der Waals surface area (Å²) in [6, 6.07) is 10.1. The van der Waals surface area contributed by atoms with Crippen molar-refractivity contribution in [2.24, 2.45) is 5.92 Å². The van der Waals surface area contributed by atoms with Crippen LogP contribution in [0.5, 0.6) is 0 Å². The van der Waals surface area contributed by atoms with Crippen molar-refractivity contribution in [3.05, 3.63) is 35.9 Å².